The zero-order chi connectivity index (χ0) is 14.3. The molecule has 1 aromatic heterocycles. The first kappa shape index (κ1) is 12.5. The van der Waals surface area contributed by atoms with Crippen molar-refractivity contribution in [3.63, 3.8) is 0 Å². The van der Waals surface area contributed by atoms with E-state index in [1.807, 2.05) is 6.07 Å². The Balaban J connectivity index is 2.40. The van der Waals surface area contributed by atoms with Gasteiger partial charge in [0.05, 0.1) is 22.3 Å². The summed E-state index contributed by atoms with van der Waals surface area (Å²) in [4.78, 5) is 2.89. The average molecular weight is 287 g/mol. The maximum atomic E-state index is 13.3. The van der Waals surface area contributed by atoms with Gasteiger partial charge in [0, 0.05) is 6.07 Å². The lowest BCUT2D eigenvalue weighted by atomic mass is 10.2. The van der Waals surface area contributed by atoms with Gasteiger partial charge in [-0.15, -0.1) is 0 Å². The predicted octanol–water partition coefficient (Wildman–Crippen LogP) is 3.84. The molecule has 98 valence electrons. The predicted molar refractivity (Wildman–Crippen MR) is 73.1 cm³/mol. The van der Waals surface area contributed by atoms with E-state index in [1.54, 1.807) is 18.2 Å². The highest BCUT2D eigenvalue weighted by atomic mass is 32.1. The Morgan fingerprint density at radius 3 is 2.50 bits per heavy atom. The summed E-state index contributed by atoms with van der Waals surface area (Å²) in [6.07, 6.45) is 0. The minimum Gasteiger partial charge on any atom is -0.329 e. The molecule has 0 amide bonds. The summed E-state index contributed by atoms with van der Waals surface area (Å²) in [5.74, 6) is -1.37. The second-order valence-electron chi connectivity index (χ2n) is 4.20. The number of halogens is 2. The van der Waals surface area contributed by atoms with Crippen LogP contribution in [0.15, 0.2) is 36.4 Å². The second kappa shape index (κ2) is 4.54. The number of benzene rings is 2. The number of imidazole rings is 1. The topological polar surface area (TPSA) is 44.5 Å². The molecular formula is C14H7F2N3S. The van der Waals surface area contributed by atoms with Crippen molar-refractivity contribution in [3.8, 4) is 11.8 Å². The van der Waals surface area contributed by atoms with Gasteiger partial charge in [-0.25, -0.2) is 8.78 Å². The van der Waals surface area contributed by atoms with Gasteiger partial charge >= 0.3 is 0 Å². The van der Waals surface area contributed by atoms with E-state index in [0.29, 0.717) is 16.6 Å². The van der Waals surface area contributed by atoms with Crippen LogP contribution in [0.5, 0.6) is 0 Å². The molecule has 0 aliphatic carbocycles. The fraction of sp³-hybridized carbons (Fsp3) is 0. The number of nitriles is 1. The fourth-order valence-corrected chi connectivity index (χ4v) is 2.45. The van der Waals surface area contributed by atoms with E-state index in [1.165, 1.54) is 16.7 Å². The van der Waals surface area contributed by atoms with E-state index in [-0.39, 0.29) is 10.5 Å². The van der Waals surface area contributed by atoms with Crippen LogP contribution in [0, 0.1) is 27.7 Å². The Kier molecular flexibility index (Phi) is 2.84. The number of H-pyrrole nitrogens is 1. The van der Waals surface area contributed by atoms with Crippen molar-refractivity contribution >= 4 is 23.3 Å². The lowest BCUT2D eigenvalue weighted by molar-refractivity contribution is 0.581. The quantitative estimate of drug-likeness (QED) is 0.691. The summed E-state index contributed by atoms with van der Waals surface area (Å²) in [6, 6.07) is 10.3. The van der Waals surface area contributed by atoms with Gasteiger partial charge in [-0.1, -0.05) is 6.07 Å². The summed E-state index contributed by atoms with van der Waals surface area (Å²) in [5, 5.41) is 9.06. The molecular weight excluding hydrogens is 280 g/mol. The lowest BCUT2D eigenvalue weighted by Crippen LogP contribution is -1.96. The molecule has 0 unspecified atom stereocenters. The molecule has 0 bridgehead atoms. The van der Waals surface area contributed by atoms with Crippen molar-refractivity contribution in [3.05, 3.63) is 58.4 Å². The number of hydrogen-bond acceptors (Lipinski definition) is 2. The first-order chi connectivity index (χ1) is 9.60. The number of hydrogen-bond donors (Lipinski definition) is 1. The maximum Gasteiger partial charge on any atom is 0.182 e. The Labute approximate surface area is 117 Å². The normalized spacial score (nSPS) is 10.7. The van der Waals surface area contributed by atoms with Gasteiger partial charge in [-0.2, -0.15) is 5.26 Å². The average Bonchev–Trinajstić information content (AvgIpc) is 2.73. The Morgan fingerprint density at radius 1 is 1.15 bits per heavy atom. The van der Waals surface area contributed by atoms with Gasteiger partial charge in [-0.3, -0.25) is 4.57 Å². The van der Waals surface area contributed by atoms with Crippen molar-refractivity contribution in [2.75, 3.05) is 0 Å². The molecule has 2 aromatic carbocycles. The molecule has 0 radical (unpaired) electrons. The van der Waals surface area contributed by atoms with E-state index in [0.717, 1.165) is 6.07 Å². The Bertz CT molecular complexity index is 898. The van der Waals surface area contributed by atoms with Crippen molar-refractivity contribution < 1.29 is 8.78 Å². The number of nitrogens with zero attached hydrogens (tertiary/aromatic N) is 2. The van der Waals surface area contributed by atoms with Gasteiger partial charge < -0.3 is 4.98 Å². The molecule has 6 heteroatoms. The second-order valence-corrected chi connectivity index (χ2v) is 4.59. The standard InChI is InChI=1S/C14H7F2N3S/c15-9-4-10(16)6-11(5-9)19-12-3-1-2-8(7-17)13(12)18-14(19)20/h1-6H,(H,18,20). The Morgan fingerprint density at radius 2 is 1.85 bits per heavy atom. The molecule has 0 aliphatic heterocycles. The summed E-state index contributed by atoms with van der Waals surface area (Å²) in [7, 11) is 0. The molecule has 0 fully saturated rings. The zero-order valence-electron chi connectivity index (χ0n) is 10.0. The minimum absolute atomic E-state index is 0.271. The van der Waals surface area contributed by atoms with Crippen LogP contribution in [-0.4, -0.2) is 9.55 Å². The highest BCUT2D eigenvalue weighted by Crippen LogP contribution is 2.23. The first-order valence-corrected chi connectivity index (χ1v) is 6.11. The third kappa shape index (κ3) is 1.89. The van der Waals surface area contributed by atoms with Crippen molar-refractivity contribution in [2.45, 2.75) is 0 Å². The lowest BCUT2D eigenvalue weighted by Gasteiger charge is -2.05. The number of aromatic amines is 1. The fourth-order valence-electron chi connectivity index (χ4n) is 2.15. The number of fused-ring (bicyclic) bond motifs is 1. The third-order valence-electron chi connectivity index (χ3n) is 2.94. The van der Waals surface area contributed by atoms with Gasteiger partial charge in [0.15, 0.2) is 4.77 Å². The SMILES string of the molecule is N#Cc1cccc2c1[nH]c(=S)n2-c1cc(F)cc(F)c1. The molecule has 20 heavy (non-hydrogen) atoms. The minimum atomic E-state index is -0.687. The first-order valence-electron chi connectivity index (χ1n) is 5.70. The molecule has 1 N–H and O–H groups in total. The van der Waals surface area contributed by atoms with Gasteiger partial charge in [-0.05, 0) is 36.5 Å². The monoisotopic (exact) mass is 287 g/mol. The number of nitrogens with one attached hydrogen (secondary N) is 1. The van der Waals surface area contributed by atoms with E-state index in [4.69, 9.17) is 17.5 Å². The van der Waals surface area contributed by atoms with Crippen LogP contribution in [0.2, 0.25) is 0 Å². The molecule has 0 atom stereocenters. The molecule has 3 nitrogen and oxygen atoms in total. The van der Waals surface area contributed by atoms with Crippen LogP contribution >= 0.6 is 12.2 Å². The van der Waals surface area contributed by atoms with E-state index >= 15 is 0 Å². The van der Waals surface area contributed by atoms with E-state index < -0.39 is 11.6 Å². The van der Waals surface area contributed by atoms with E-state index in [2.05, 4.69) is 4.98 Å². The van der Waals surface area contributed by atoms with Crippen molar-refractivity contribution in [1.82, 2.24) is 9.55 Å². The zero-order valence-corrected chi connectivity index (χ0v) is 10.8. The third-order valence-corrected chi connectivity index (χ3v) is 3.23. The van der Waals surface area contributed by atoms with Crippen LogP contribution in [0.3, 0.4) is 0 Å². The summed E-state index contributed by atoms with van der Waals surface area (Å²) in [5.41, 5.74) is 1.83. The highest BCUT2D eigenvalue weighted by molar-refractivity contribution is 7.71. The highest BCUT2D eigenvalue weighted by Gasteiger charge is 2.11. The van der Waals surface area contributed by atoms with Crippen LogP contribution < -0.4 is 0 Å². The molecule has 3 aromatic rings. The van der Waals surface area contributed by atoms with E-state index in [9.17, 15) is 8.78 Å². The number of aromatic nitrogens is 2. The van der Waals surface area contributed by atoms with Crippen molar-refractivity contribution in [2.24, 2.45) is 0 Å². The molecule has 0 spiro atoms. The van der Waals surface area contributed by atoms with Crippen LogP contribution in [0.4, 0.5) is 8.78 Å². The largest absolute Gasteiger partial charge is 0.329 e. The van der Waals surface area contributed by atoms with Gasteiger partial charge in [0.2, 0.25) is 0 Å². The smallest absolute Gasteiger partial charge is 0.182 e. The van der Waals surface area contributed by atoms with Crippen molar-refractivity contribution in [1.29, 1.82) is 5.26 Å². The summed E-state index contributed by atoms with van der Waals surface area (Å²) in [6.45, 7) is 0. The summed E-state index contributed by atoms with van der Waals surface area (Å²) >= 11 is 5.18. The Hall–Kier alpha value is -2.52. The van der Waals surface area contributed by atoms with Gasteiger partial charge in [0.1, 0.15) is 17.7 Å². The molecule has 0 saturated heterocycles. The van der Waals surface area contributed by atoms with Crippen LogP contribution in [0.25, 0.3) is 16.7 Å². The van der Waals surface area contributed by atoms with Gasteiger partial charge in [0.25, 0.3) is 0 Å². The number of para-hydroxylation sites is 1. The van der Waals surface area contributed by atoms with Crippen LogP contribution in [-0.2, 0) is 0 Å². The maximum absolute atomic E-state index is 13.3. The molecule has 1 heterocycles. The number of rotatable bonds is 1. The molecule has 3 rings (SSSR count). The summed E-state index contributed by atoms with van der Waals surface area (Å²) < 4.78 is 28.5. The molecule has 0 aliphatic rings. The van der Waals surface area contributed by atoms with Crippen LogP contribution in [0.1, 0.15) is 5.56 Å². The molecule has 0 saturated carbocycles.